The molecule has 30 heavy (non-hydrogen) atoms. The minimum Gasteiger partial charge on any atom is -0.337 e. The van der Waals surface area contributed by atoms with Crippen LogP contribution in [0, 0.1) is 18.7 Å². The van der Waals surface area contributed by atoms with Crippen LogP contribution in [0.25, 0.3) is 0 Å². The van der Waals surface area contributed by atoms with Crippen molar-refractivity contribution in [2.45, 2.75) is 38.8 Å². The van der Waals surface area contributed by atoms with E-state index < -0.39 is 11.6 Å². The van der Waals surface area contributed by atoms with Gasteiger partial charge in [-0.3, -0.25) is 19.6 Å². The van der Waals surface area contributed by atoms with Gasteiger partial charge in [-0.15, -0.1) is 0 Å². The van der Waals surface area contributed by atoms with Crippen LogP contribution in [-0.4, -0.2) is 56.5 Å². The molecular formula is C21H24FN5O3. The summed E-state index contributed by atoms with van der Waals surface area (Å²) in [5.74, 6) is -0.878. The van der Waals surface area contributed by atoms with Crippen molar-refractivity contribution in [3.8, 4) is 0 Å². The first kappa shape index (κ1) is 20.1. The average Bonchev–Trinajstić information content (AvgIpc) is 3.26. The van der Waals surface area contributed by atoms with Gasteiger partial charge in [-0.2, -0.15) is 5.10 Å². The number of imide groups is 1. The summed E-state index contributed by atoms with van der Waals surface area (Å²) in [5, 5.41) is 9.64. The molecular weight excluding hydrogens is 389 g/mol. The Bertz CT molecular complexity index is 981. The minimum atomic E-state index is -1.02. The fraction of sp³-hybridized carbons (Fsp3) is 0.429. The van der Waals surface area contributed by atoms with E-state index in [2.05, 4.69) is 15.5 Å². The lowest BCUT2D eigenvalue weighted by atomic mass is 9.79. The third kappa shape index (κ3) is 3.55. The highest BCUT2D eigenvalue weighted by atomic mass is 19.1. The number of carbonyl (C=O) groups is 3. The monoisotopic (exact) mass is 413 g/mol. The maximum Gasteiger partial charge on any atom is 0.325 e. The maximum absolute atomic E-state index is 13.1. The number of urea groups is 1. The van der Waals surface area contributed by atoms with Gasteiger partial charge in [-0.05, 0) is 56.4 Å². The molecule has 9 heteroatoms. The minimum absolute atomic E-state index is 0.0860. The fourth-order valence-corrected chi connectivity index (χ4v) is 4.26. The molecule has 8 nitrogen and oxygen atoms in total. The van der Waals surface area contributed by atoms with E-state index in [4.69, 9.17) is 0 Å². The lowest BCUT2D eigenvalue weighted by Crippen LogP contribution is -2.54. The highest BCUT2D eigenvalue weighted by Crippen LogP contribution is 2.34. The van der Waals surface area contributed by atoms with Crippen molar-refractivity contribution in [2.75, 3.05) is 13.1 Å². The molecule has 4 rings (SSSR count). The summed E-state index contributed by atoms with van der Waals surface area (Å²) in [4.78, 5) is 41.1. The van der Waals surface area contributed by atoms with Crippen molar-refractivity contribution in [3.05, 3.63) is 53.1 Å². The SMILES string of the molecule is Cc1cc(C(=O)N2CCC([C@]3(C)NC(=O)N(Cc4ccc(F)cc4)C3=O)CC2)n[nH]1. The van der Waals surface area contributed by atoms with Gasteiger partial charge >= 0.3 is 6.03 Å². The number of aromatic nitrogens is 2. The van der Waals surface area contributed by atoms with Crippen LogP contribution in [0.2, 0.25) is 0 Å². The molecule has 158 valence electrons. The predicted octanol–water partition coefficient (Wildman–Crippen LogP) is 2.22. The summed E-state index contributed by atoms with van der Waals surface area (Å²) < 4.78 is 13.1. The molecule has 2 fully saturated rings. The standard InChI is InChI=1S/C21H24FN5O3/c1-13-11-17(25-24-13)18(28)26-9-7-15(8-10-26)21(2)19(29)27(20(30)23-21)12-14-3-5-16(22)6-4-14/h3-6,11,15H,7-10,12H2,1-2H3,(H,23,30)(H,24,25)/t21-/m0/s1. The van der Waals surface area contributed by atoms with Gasteiger partial charge < -0.3 is 10.2 Å². The zero-order valence-corrected chi connectivity index (χ0v) is 16.9. The number of benzene rings is 1. The fourth-order valence-electron chi connectivity index (χ4n) is 4.26. The summed E-state index contributed by atoms with van der Waals surface area (Å²) in [6.07, 6.45) is 1.20. The largest absolute Gasteiger partial charge is 0.337 e. The van der Waals surface area contributed by atoms with Gasteiger partial charge in [0.25, 0.3) is 11.8 Å². The van der Waals surface area contributed by atoms with Crippen LogP contribution < -0.4 is 5.32 Å². The Morgan fingerprint density at radius 1 is 1.23 bits per heavy atom. The number of nitrogens with zero attached hydrogens (tertiary/aromatic N) is 3. The molecule has 2 N–H and O–H groups in total. The molecule has 3 heterocycles. The molecule has 0 saturated carbocycles. The molecule has 0 radical (unpaired) electrons. The molecule has 2 aromatic rings. The molecule has 0 unspecified atom stereocenters. The quantitative estimate of drug-likeness (QED) is 0.751. The normalized spacial score (nSPS) is 22.5. The number of hydrogen-bond donors (Lipinski definition) is 2. The molecule has 1 aromatic carbocycles. The van der Waals surface area contributed by atoms with Gasteiger partial charge in [0.15, 0.2) is 0 Å². The highest BCUT2D eigenvalue weighted by molar-refractivity contribution is 6.07. The molecule has 2 aliphatic rings. The zero-order chi connectivity index (χ0) is 21.5. The van der Waals surface area contributed by atoms with Gasteiger partial charge in [0.1, 0.15) is 17.1 Å². The van der Waals surface area contributed by atoms with Crippen LogP contribution >= 0.6 is 0 Å². The maximum atomic E-state index is 13.1. The number of carbonyl (C=O) groups excluding carboxylic acids is 3. The summed E-state index contributed by atoms with van der Waals surface area (Å²) >= 11 is 0. The summed E-state index contributed by atoms with van der Waals surface area (Å²) in [7, 11) is 0. The first-order valence-corrected chi connectivity index (χ1v) is 9.98. The van der Waals surface area contributed by atoms with E-state index in [9.17, 15) is 18.8 Å². The van der Waals surface area contributed by atoms with Gasteiger partial charge in [0.2, 0.25) is 0 Å². The van der Waals surface area contributed by atoms with Crippen LogP contribution in [-0.2, 0) is 11.3 Å². The Labute approximate surface area is 173 Å². The number of H-pyrrole nitrogens is 1. The number of halogens is 1. The van der Waals surface area contributed by atoms with Crippen molar-refractivity contribution in [1.29, 1.82) is 0 Å². The van der Waals surface area contributed by atoms with Gasteiger partial charge in [0, 0.05) is 18.8 Å². The average molecular weight is 413 g/mol. The molecule has 1 atom stereocenters. The number of hydrogen-bond acceptors (Lipinski definition) is 4. The third-order valence-corrected chi connectivity index (χ3v) is 6.08. The van der Waals surface area contributed by atoms with Gasteiger partial charge in [-0.25, -0.2) is 9.18 Å². The van der Waals surface area contributed by atoms with Crippen molar-refractivity contribution < 1.29 is 18.8 Å². The Kier molecular flexibility index (Phi) is 5.05. The van der Waals surface area contributed by atoms with Gasteiger partial charge in [-0.1, -0.05) is 12.1 Å². The van der Waals surface area contributed by atoms with Crippen molar-refractivity contribution in [2.24, 2.45) is 5.92 Å². The molecule has 1 aromatic heterocycles. The Morgan fingerprint density at radius 2 is 1.90 bits per heavy atom. The van der Waals surface area contributed by atoms with E-state index in [0.29, 0.717) is 37.2 Å². The number of amides is 4. The predicted molar refractivity (Wildman–Crippen MR) is 106 cm³/mol. The zero-order valence-electron chi connectivity index (χ0n) is 16.9. The molecule has 0 spiro atoms. The van der Waals surface area contributed by atoms with E-state index in [1.165, 1.54) is 17.0 Å². The van der Waals surface area contributed by atoms with Crippen LogP contribution in [0.4, 0.5) is 9.18 Å². The molecule has 0 aliphatic carbocycles. The van der Waals surface area contributed by atoms with E-state index in [1.54, 1.807) is 30.0 Å². The summed E-state index contributed by atoms with van der Waals surface area (Å²) in [5.41, 5.74) is 0.864. The third-order valence-electron chi connectivity index (χ3n) is 6.08. The lowest BCUT2D eigenvalue weighted by Gasteiger charge is -2.38. The van der Waals surface area contributed by atoms with Crippen LogP contribution in [0.15, 0.2) is 30.3 Å². The second-order valence-electron chi connectivity index (χ2n) is 8.15. The Hall–Kier alpha value is -3.23. The first-order valence-electron chi connectivity index (χ1n) is 9.98. The first-order chi connectivity index (χ1) is 14.3. The van der Waals surface area contributed by atoms with Crippen molar-refractivity contribution >= 4 is 17.8 Å². The van der Waals surface area contributed by atoms with E-state index in [0.717, 1.165) is 5.69 Å². The van der Waals surface area contributed by atoms with Crippen LogP contribution in [0.1, 0.15) is 41.5 Å². The van der Waals surface area contributed by atoms with Gasteiger partial charge in [0.05, 0.1) is 6.54 Å². The number of aryl methyl sites for hydroxylation is 1. The Morgan fingerprint density at radius 3 is 2.50 bits per heavy atom. The van der Waals surface area contributed by atoms with Crippen molar-refractivity contribution in [1.82, 2.24) is 25.3 Å². The molecule has 0 bridgehead atoms. The second-order valence-corrected chi connectivity index (χ2v) is 8.15. The summed E-state index contributed by atoms with van der Waals surface area (Å²) in [6, 6.07) is 7.00. The molecule has 2 aliphatic heterocycles. The number of aromatic amines is 1. The molecule has 2 saturated heterocycles. The number of piperidine rings is 1. The van der Waals surface area contributed by atoms with Crippen LogP contribution in [0.3, 0.4) is 0 Å². The Balaban J connectivity index is 1.41. The number of nitrogens with one attached hydrogen (secondary N) is 2. The smallest absolute Gasteiger partial charge is 0.325 e. The number of rotatable bonds is 4. The van der Waals surface area contributed by atoms with E-state index in [1.807, 2.05) is 6.92 Å². The lowest BCUT2D eigenvalue weighted by molar-refractivity contribution is -0.133. The van der Waals surface area contributed by atoms with E-state index >= 15 is 0 Å². The summed E-state index contributed by atoms with van der Waals surface area (Å²) in [6.45, 7) is 4.66. The second kappa shape index (κ2) is 7.55. The molecule has 4 amide bonds. The highest BCUT2D eigenvalue weighted by Gasteiger charge is 2.52. The topological polar surface area (TPSA) is 98.4 Å². The van der Waals surface area contributed by atoms with E-state index in [-0.39, 0.29) is 30.1 Å². The van der Waals surface area contributed by atoms with Crippen LogP contribution in [0.5, 0.6) is 0 Å². The number of likely N-dealkylation sites (tertiary alicyclic amines) is 1. The van der Waals surface area contributed by atoms with Crippen molar-refractivity contribution in [3.63, 3.8) is 0 Å².